The van der Waals surface area contributed by atoms with E-state index in [1.54, 1.807) is 0 Å². The van der Waals surface area contributed by atoms with Gasteiger partial charge in [-0.2, -0.15) is 0 Å². The third-order valence-electron chi connectivity index (χ3n) is 2.61. The fourth-order valence-corrected chi connectivity index (χ4v) is 1.93. The van der Waals surface area contributed by atoms with Crippen LogP contribution in [0.15, 0.2) is 18.2 Å². The predicted molar refractivity (Wildman–Crippen MR) is 55.3 cm³/mol. The molecular formula is C10H10ClN3. The molecule has 0 radical (unpaired) electrons. The van der Waals surface area contributed by atoms with Crippen molar-refractivity contribution in [3.05, 3.63) is 23.2 Å². The molecule has 1 fully saturated rings. The first kappa shape index (κ1) is 8.24. The van der Waals surface area contributed by atoms with E-state index in [0.29, 0.717) is 0 Å². The summed E-state index contributed by atoms with van der Waals surface area (Å²) in [5.41, 5.74) is 1.86. The molecule has 1 heterocycles. The largest absolute Gasteiger partial charge is 0.243 e. The van der Waals surface area contributed by atoms with Crippen molar-refractivity contribution >= 4 is 22.6 Å². The summed E-state index contributed by atoms with van der Waals surface area (Å²) < 4.78 is 1.93. The van der Waals surface area contributed by atoms with Crippen molar-refractivity contribution in [1.29, 1.82) is 0 Å². The first-order valence-corrected chi connectivity index (χ1v) is 5.20. The molecule has 1 aliphatic rings. The van der Waals surface area contributed by atoms with E-state index in [-0.39, 0.29) is 0 Å². The average molecular weight is 208 g/mol. The van der Waals surface area contributed by atoms with Crippen molar-refractivity contribution in [2.75, 3.05) is 0 Å². The molecule has 0 N–H and O–H groups in total. The monoisotopic (exact) mass is 207 g/mol. The SMILES string of the molecule is Clc1cccc2nnn(CC3CC3)c12. The Hall–Kier alpha value is -1.09. The van der Waals surface area contributed by atoms with Gasteiger partial charge in [0, 0.05) is 6.54 Å². The molecule has 0 spiro atoms. The lowest BCUT2D eigenvalue weighted by molar-refractivity contribution is 0.559. The van der Waals surface area contributed by atoms with Gasteiger partial charge in [-0.25, -0.2) is 4.68 Å². The maximum absolute atomic E-state index is 6.11. The molecule has 1 aromatic carbocycles. The van der Waals surface area contributed by atoms with Crippen LogP contribution in [0, 0.1) is 5.92 Å². The highest BCUT2D eigenvalue weighted by atomic mass is 35.5. The second-order valence-corrected chi connectivity index (χ2v) is 4.23. The Balaban J connectivity index is 2.13. The second-order valence-electron chi connectivity index (χ2n) is 3.82. The number of hydrogen-bond donors (Lipinski definition) is 0. The summed E-state index contributed by atoms with van der Waals surface area (Å²) in [5, 5.41) is 8.95. The molecule has 0 saturated heterocycles. The highest BCUT2D eigenvalue weighted by molar-refractivity contribution is 6.34. The Labute approximate surface area is 86.7 Å². The van der Waals surface area contributed by atoms with Crippen molar-refractivity contribution in [3.63, 3.8) is 0 Å². The third-order valence-corrected chi connectivity index (χ3v) is 2.92. The summed E-state index contributed by atoms with van der Waals surface area (Å²) in [6, 6.07) is 5.73. The number of hydrogen-bond acceptors (Lipinski definition) is 2. The first-order valence-electron chi connectivity index (χ1n) is 4.82. The molecule has 14 heavy (non-hydrogen) atoms. The van der Waals surface area contributed by atoms with Crippen molar-refractivity contribution in [3.8, 4) is 0 Å². The zero-order valence-corrected chi connectivity index (χ0v) is 8.41. The van der Waals surface area contributed by atoms with Gasteiger partial charge in [0.15, 0.2) is 0 Å². The highest BCUT2D eigenvalue weighted by Crippen LogP contribution is 2.32. The number of fused-ring (bicyclic) bond motifs is 1. The molecule has 4 heteroatoms. The number of aromatic nitrogens is 3. The van der Waals surface area contributed by atoms with E-state index < -0.39 is 0 Å². The van der Waals surface area contributed by atoms with E-state index >= 15 is 0 Å². The molecule has 1 saturated carbocycles. The lowest BCUT2D eigenvalue weighted by Gasteiger charge is -2.00. The number of para-hydroxylation sites is 1. The molecule has 2 aromatic rings. The number of benzene rings is 1. The van der Waals surface area contributed by atoms with Gasteiger partial charge in [-0.05, 0) is 30.9 Å². The van der Waals surface area contributed by atoms with Gasteiger partial charge in [-0.3, -0.25) is 0 Å². The van der Waals surface area contributed by atoms with Gasteiger partial charge in [0.1, 0.15) is 11.0 Å². The molecule has 3 rings (SSSR count). The van der Waals surface area contributed by atoms with Crippen LogP contribution in [-0.4, -0.2) is 15.0 Å². The van der Waals surface area contributed by atoms with E-state index in [1.807, 2.05) is 22.9 Å². The maximum atomic E-state index is 6.11. The van der Waals surface area contributed by atoms with Crippen LogP contribution in [0.5, 0.6) is 0 Å². The van der Waals surface area contributed by atoms with E-state index in [4.69, 9.17) is 11.6 Å². The van der Waals surface area contributed by atoms with Crippen LogP contribution in [0.4, 0.5) is 0 Å². The summed E-state index contributed by atoms with van der Waals surface area (Å²) in [6.45, 7) is 0.959. The molecule has 0 unspecified atom stereocenters. The summed E-state index contributed by atoms with van der Waals surface area (Å²) in [6.07, 6.45) is 2.62. The Morgan fingerprint density at radius 2 is 2.29 bits per heavy atom. The predicted octanol–water partition coefficient (Wildman–Crippen LogP) is 2.49. The average Bonchev–Trinajstić information content (AvgIpc) is 2.88. The van der Waals surface area contributed by atoms with Gasteiger partial charge in [-0.15, -0.1) is 5.10 Å². The van der Waals surface area contributed by atoms with Crippen molar-refractivity contribution in [1.82, 2.24) is 15.0 Å². The molecule has 0 bridgehead atoms. The summed E-state index contributed by atoms with van der Waals surface area (Å²) in [7, 11) is 0. The fraction of sp³-hybridized carbons (Fsp3) is 0.400. The summed E-state index contributed by atoms with van der Waals surface area (Å²) in [4.78, 5) is 0. The normalized spacial score (nSPS) is 16.4. The van der Waals surface area contributed by atoms with E-state index in [1.165, 1.54) is 12.8 Å². The molecule has 3 nitrogen and oxygen atoms in total. The number of nitrogens with zero attached hydrogens (tertiary/aromatic N) is 3. The van der Waals surface area contributed by atoms with Crippen molar-refractivity contribution in [2.24, 2.45) is 5.92 Å². The number of halogens is 1. The van der Waals surface area contributed by atoms with Crippen molar-refractivity contribution in [2.45, 2.75) is 19.4 Å². The van der Waals surface area contributed by atoms with Crippen LogP contribution in [0.25, 0.3) is 11.0 Å². The van der Waals surface area contributed by atoms with Crippen LogP contribution in [0.1, 0.15) is 12.8 Å². The molecular weight excluding hydrogens is 198 g/mol. The van der Waals surface area contributed by atoms with E-state index in [9.17, 15) is 0 Å². The Morgan fingerprint density at radius 1 is 1.43 bits per heavy atom. The quantitative estimate of drug-likeness (QED) is 0.758. The molecule has 1 aliphatic carbocycles. The minimum atomic E-state index is 0.744. The molecule has 1 aromatic heterocycles. The van der Waals surface area contributed by atoms with Crippen LogP contribution >= 0.6 is 11.6 Å². The second kappa shape index (κ2) is 2.95. The smallest absolute Gasteiger partial charge is 0.114 e. The van der Waals surface area contributed by atoms with Crippen molar-refractivity contribution < 1.29 is 0 Å². The zero-order valence-electron chi connectivity index (χ0n) is 7.65. The number of rotatable bonds is 2. The van der Waals surface area contributed by atoms with Gasteiger partial charge in [0.05, 0.1) is 5.02 Å². The summed E-state index contributed by atoms with van der Waals surface area (Å²) >= 11 is 6.11. The highest BCUT2D eigenvalue weighted by Gasteiger charge is 2.23. The van der Waals surface area contributed by atoms with Crippen LogP contribution in [-0.2, 0) is 6.54 Å². The van der Waals surface area contributed by atoms with E-state index in [2.05, 4.69) is 10.3 Å². The zero-order chi connectivity index (χ0) is 9.54. The molecule has 0 aliphatic heterocycles. The molecule has 72 valence electrons. The van der Waals surface area contributed by atoms with Gasteiger partial charge >= 0.3 is 0 Å². The van der Waals surface area contributed by atoms with E-state index in [0.717, 1.165) is 28.5 Å². The summed E-state index contributed by atoms with van der Waals surface area (Å²) in [5.74, 6) is 0.788. The maximum Gasteiger partial charge on any atom is 0.114 e. The Kier molecular flexibility index (Phi) is 1.74. The Bertz CT molecular complexity index is 473. The lowest BCUT2D eigenvalue weighted by atomic mass is 10.3. The fourth-order valence-electron chi connectivity index (χ4n) is 1.66. The third kappa shape index (κ3) is 1.28. The molecule has 0 amide bonds. The van der Waals surface area contributed by atoms with Crippen LogP contribution in [0.3, 0.4) is 0 Å². The molecule has 0 atom stereocenters. The van der Waals surface area contributed by atoms with Gasteiger partial charge in [-0.1, -0.05) is 22.9 Å². The Morgan fingerprint density at radius 3 is 3.07 bits per heavy atom. The topological polar surface area (TPSA) is 30.7 Å². The first-order chi connectivity index (χ1) is 6.84. The van der Waals surface area contributed by atoms with Gasteiger partial charge < -0.3 is 0 Å². The standard InChI is InChI=1S/C10H10ClN3/c11-8-2-1-3-9-10(8)14(13-12-9)6-7-4-5-7/h1-3,7H,4-6H2. The van der Waals surface area contributed by atoms with Gasteiger partial charge in [0.2, 0.25) is 0 Å². The minimum Gasteiger partial charge on any atom is -0.243 e. The van der Waals surface area contributed by atoms with Gasteiger partial charge in [0.25, 0.3) is 0 Å². The lowest BCUT2D eigenvalue weighted by Crippen LogP contribution is -2.01. The minimum absolute atomic E-state index is 0.744. The van der Waals surface area contributed by atoms with Crippen LogP contribution in [0.2, 0.25) is 5.02 Å². The van der Waals surface area contributed by atoms with Crippen LogP contribution < -0.4 is 0 Å².